The van der Waals surface area contributed by atoms with Crippen molar-refractivity contribution in [2.75, 3.05) is 0 Å². The zero-order valence-corrected chi connectivity index (χ0v) is 13.4. The van der Waals surface area contributed by atoms with Gasteiger partial charge in [0, 0.05) is 21.8 Å². The Hall–Kier alpha value is -0.430. The SMILES string of the molecule is CCc1nsc(Sc2cc(Br)ccc2C(C)N)n1. The van der Waals surface area contributed by atoms with Crippen LogP contribution in [-0.2, 0) is 6.42 Å². The van der Waals surface area contributed by atoms with Crippen LogP contribution < -0.4 is 5.73 Å². The molecule has 0 saturated heterocycles. The fourth-order valence-corrected chi connectivity index (χ4v) is 3.93. The summed E-state index contributed by atoms with van der Waals surface area (Å²) < 4.78 is 6.31. The molecule has 1 heterocycles. The fraction of sp³-hybridized carbons (Fsp3) is 0.333. The Bertz CT molecular complexity index is 540. The Labute approximate surface area is 123 Å². The van der Waals surface area contributed by atoms with Crippen LogP contribution in [0.5, 0.6) is 0 Å². The van der Waals surface area contributed by atoms with Crippen LogP contribution >= 0.6 is 39.2 Å². The third-order valence-corrected chi connectivity index (χ3v) is 4.78. The molecule has 0 spiro atoms. The van der Waals surface area contributed by atoms with Crippen molar-refractivity contribution in [3.8, 4) is 0 Å². The van der Waals surface area contributed by atoms with Gasteiger partial charge in [0.2, 0.25) is 0 Å². The molecule has 0 aliphatic carbocycles. The number of hydrogen-bond donors (Lipinski definition) is 1. The average Bonchev–Trinajstić information content (AvgIpc) is 2.76. The van der Waals surface area contributed by atoms with Gasteiger partial charge in [-0.3, -0.25) is 0 Å². The summed E-state index contributed by atoms with van der Waals surface area (Å²) in [6, 6.07) is 6.16. The first kappa shape index (κ1) is 14.0. The van der Waals surface area contributed by atoms with Crippen LogP contribution in [0.15, 0.2) is 31.9 Å². The Kier molecular flexibility index (Phi) is 4.77. The van der Waals surface area contributed by atoms with Crippen molar-refractivity contribution < 1.29 is 0 Å². The lowest BCUT2D eigenvalue weighted by atomic mass is 10.1. The van der Waals surface area contributed by atoms with Crippen molar-refractivity contribution in [2.24, 2.45) is 5.73 Å². The highest BCUT2D eigenvalue weighted by atomic mass is 79.9. The standard InChI is InChI=1S/C12H14BrN3S2/c1-3-11-15-12(18-16-11)17-10-6-8(13)4-5-9(10)7(2)14/h4-7H,3,14H2,1-2H3. The number of halogens is 1. The van der Waals surface area contributed by atoms with Crippen molar-refractivity contribution in [2.45, 2.75) is 35.5 Å². The van der Waals surface area contributed by atoms with E-state index < -0.39 is 0 Å². The maximum atomic E-state index is 5.99. The van der Waals surface area contributed by atoms with Crippen LogP contribution in [0.2, 0.25) is 0 Å². The Balaban J connectivity index is 2.29. The molecule has 0 aliphatic heterocycles. The summed E-state index contributed by atoms with van der Waals surface area (Å²) in [5.74, 6) is 0.903. The van der Waals surface area contributed by atoms with Gasteiger partial charge in [-0.25, -0.2) is 4.98 Å². The van der Waals surface area contributed by atoms with Gasteiger partial charge in [0.25, 0.3) is 0 Å². The topological polar surface area (TPSA) is 51.8 Å². The molecule has 0 radical (unpaired) electrons. The van der Waals surface area contributed by atoms with E-state index in [2.05, 4.69) is 44.3 Å². The second kappa shape index (κ2) is 6.14. The van der Waals surface area contributed by atoms with Gasteiger partial charge in [0.05, 0.1) is 0 Å². The Morgan fingerprint density at radius 3 is 2.89 bits per heavy atom. The Morgan fingerprint density at radius 1 is 1.50 bits per heavy atom. The van der Waals surface area contributed by atoms with Crippen molar-refractivity contribution in [1.29, 1.82) is 0 Å². The Morgan fingerprint density at radius 2 is 2.28 bits per heavy atom. The van der Waals surface area contributed by atoms with Gasteiger partial charge >= 0.3 is 0 Å². The molecule has 0 fully saturated rings. The summed E-state index contributed by atoms with van der Waals surface area (Å²) in [5.41, 5.74) is 7.12. The molecule has 6 heteroatoms. The number of aromatic nitrogens is 2. The van der Waals surface area contributed by atoms with Gasteiger partial charge in [0.15, 0.2) is 4.34 Å². The highest BCUT2D eigenvalue weighted by Gasteiger charge is 2.11. The van der Waals surface area contributed by atoms with Crippen LogP contribution in [0.4, 0.5) is 0 Å². The van der Waals surface area contributed by atoms with E-state index in [1.165, 1.54) is 11.5 Å². The van der Waals surface area contributed by atoms with Crippen molar-refractivity contribution in [3.63, 3.8) is 0 Å². The molecule has 1 aromatic heterocycles. The molecular weight excluding hydrogens is 330 g/mol. The minimum atomic E-state index is 0.0131. The molecule has 2 aromatic rings. The van der Waals surface area contributed by atoms with Gasteiger partial charge in [-0.1, -0.05) is 40.7 Å². The smallest absolute Gasteiger partial charge is 0.174 e. The summed E-state index contributed by atoms with van der Waals surface area (Å²) in [6.07, 6.45) is 0.871. The summed E-state index contributed by atoms with van der Waals surface area (Å²) in [4.78, 5) is 5.61. The third-order valence-electron chi connectivity index (χ3n) is 2.43. The largest absolute Gasteiger partial charge is 0.324 e. The second-order valence-electron chi connectivity index (χ2n) is 3.90. The second-order valence-corrected chi connectivity index (χ2v) is 6.86. The normalized spacial score (nSPS) is 12.7. The van der Waals surface area contributed by atoms with Crippen LogP contribution in [0.3, 0.4) is 0 Å². The maximum absolute atomic E-state index is 5.99. The molecule has 0 amide bonds. The van der Waals surface area contributed by atoms with E-state index in [0.717, 1.165) is 31.5 Å². The number of aryl methyl sites for hydroxylation is 1. The summed E-state index contributed by atoms with van der Waals surface area (Å²) in [7, 11) is 0. The summed E-state index contributed by atoms with van der Waals surface area (Å²) in [6.45, 7) is 4.05. The predicted octanol–water partition coefficient (Wildman–Crippen LogP) is 4.03. The molecule has 2 N–H and O–H groups in total. The first-order chi connectivity index (χ1) is 8.60. The molecule has 0 saturated carbocycles. The van der Waals surface area contributed by atoms with E-state index in [4.69, 9.17) is 5.73 Å². The van der Waals surface area contributed by atoms with Crippen LogP contribution in [0.25, 0.3) is 0 Å². The highest BCUT2D eigenvalue weighted by Crippen LogP contribution is 2.35. The molecule has 1 aromatic carbocycles. The molecule has 0 bridgehead atoms. The lowest BCUT2D eigenvalue weighted by Gasteiger charge is -2.11. The molecule has 0 aliphatic rings. The van der Waals surface area contributed by atoms with E-state index >= 15 is 0 Å². The van der Waals surface area contributed by atoms with E-state index in [0.29, 0.717) is 0 Å². The third kappa shape index (κ3) is 3.32. The van der Waals surface area contributed by atoms with Crippen LogP contribution in [0.1, 0.15) is 31.3 Å². The maximum Gasteiger partial charge on any atom is 0.174 e. The van der Waals surface area contributed by atoms with Gasteiger partial charge < -0.3 is 5.73 Å². The summed E-state index contributed by atoms with van der Waals surface area (Å²) in [5, 5.41) is 0. The van der Waals surface area contributed by atoms with Gasteiger partial charge in [0.1, 0.15) is 5.82 Å². The van der Waals surface area contributed by atoms with Gasteiger partial charge in [-0.2, -0.15) is 4.37 Å². The lowest BCUT2D eigenvalue weighted by Crippen LogP contribution is -2.06. The number of rotatable bonds is 4. The number of hydrogen-bond acceptors (Lipinski definition) is 5. The van der Waals surface area contributed by atoms with Crippen molar-refractivity contribution >= 4 is 39.2 Å². The molecule has 2 rings (SSSR count). The monoisotopic (exact) mass is 343 g/mol. The molecule has 1 unspecified atom stereocenters. The van der Waals surface area contributed by atoms with Crippen LogP contribution in [-0.4, -0.2) is 9.36 Å². The van der Waals surface area contributed by atoms with Gasteiger partial charge in [-0.05, 0) is 36.2 Å². The average molecular weight is 344 g/mol. The molecular formula is C12H14BrN3S2. The van der Waals surface area contributed by atoms with Crippen LogP contribution in [0, 0.1) is 0 Å². The predicted molar refractivity (Wildman–Crippen MR) is 80.2 cm³/mol. The zero-order chi connectivity index (χ0) is 13.1. The van der Waals surface area contributed by atoms with Gasteiger partial charge in [-0.15, -0.1) is 0 Å². The quantitative estimate of drug-likeness (QED) is 0.910. The van der Waals surface area contributed by atoms with E-state index in [9.17, 15) is 0 Å². The van der Waals surface area contributed by atoms with E-state index in [-0.39, 0.29) is 6.04 Å². The number of nitrogens with two attached hydrogens (primary N) is 1. The summed E-state index contributed by atoms with van der Waals surface area (Å²) >= 11 is 6.56. The molecule has 96 valence electrons. The minimum absolute atomic E-state index is 0.0131. The molecule has 18 heavy (non-hydrogen) atoms. The fourth-order valence-electron chi connectivity index (χ4n) is 1.49. The van der Waals surface area contributed by atoms with E-state index in [1.807, 2.05) is 13.0 Å². The lowest BCUT2D eigenvalue weighted by molar-refractivity contribution is 0.797. The zero-order valence-electron chi connectivity index (χ0n) is 10.2. The first-order valence-corrected chi connectivity index (χ1v) is 8.04. The first-order valence-electron chi connectivity index (χ1n) is 5.65. The highest BCUT2D eigenvalue weighted by molar-refractivity contribution is 9.10. The van der Waals surface area contributed by atoms with E-state index in [1.54, 1.807) is 11.8 Å². The number of benzene rings is 1. The van der Waals surface area contributed by atoms with Crippen molar-refractivity contribution in [3.05, 3.63) is 34.1 Å². The minimum Gasteiger partial charge on any atom is -0.324 e. The molecule has 3 nitrogen and oxygen atoms in total. The van der Waals surface area contributed by atoms with Crippen molar-refractivity contribution in [1.82, 2.24) is 9.36 Å². The number of nitrogens with zero attached hydrogens (tertiary/aromatic N) is 2. The molecule has 1 atom stereocenters.